The molecule has 0 spiro atoms. The first kappa shape index (κ1) is 15.7. The van der Waals surface area contributed by atoms with E-state index in [2.05, 4.69) is 10.5 Å². The maximum absolute atomic E-state index is 11.5. The van der Waals surface area contributed by atoms with Gasteiger partial charge in [0.2, 0.25) is 11.8 Å². The number of rotatable bonds is 7. The van der Waals surface area contributed by atoms with Crippen LogP contribution in [0.1, 0.15) is 33.4 Å². The molecule has 0 atom stereocenters. The van der Waals surface area contributed by atoms with E-state index in [9.17, 15) is 4.79 Å². The van der Waals surface area contributed by atoms with Crippen LogP contribution in [0.25, 0.3) is 0 Å². The molecule has 6 nitrogen and oxygen atoms in total. The number of carbonyl (C=O) groups excluding carboxylic acids is 1. The summed E-state index contributed by atoms with van der Waals surface area (Å²) in [4.78, 5) is 11.5. The van der Waals surface area contributed by atoms with Crippen molar-refractivity contribution in [1.29, 1.82) is 0 Å². The fourth-order valence-corrected chi connectivity index (χ4v) is 1.38. The number of nitrogens with zero attached hydrogens (tertiary/aromatic N) is 1. The highest BCUT2D eigenvalue weighted by Gasteiger charge is 2.26. The van der Waals surface area contributed by atoms with Gasteiger partial charge in [-0.1, -0.05) is 32.9 Å². The lowest BCUT2D eigenvalue weighted by Gasteiger charge is -2.20. The third-order valence-electron chi connectivity index (χ3n) is 2.67. The van der Waals surface area contributed by atoms with E-state index in [1.54, 1.807) is 19.9 Å². The Labute approximate surface area is 113 Å². The van der Waals surface area contributed by atoms with Crippen LogP contribution >= 0.6 is 0 Å². The van der Waals surface area contributed by atoms with Crippen LogP contribution in [-0.2, 0) is 14.9 Å². The van der Waals surface area contributed by atoms with Gasteiger partial charge in [-0.05, 0) is 0 Å². The topological polar surface area (TPSA) is 84.6 Å². The smallest absolute Gasteiger partial charge is 0.231 e. The molecule has 0 unspecified atom stereocenters. The van der Waals surface area contributed by atoms with E-state index >= 15 is 0 Å². The molecule has 0 fully saturated rings. The fraction of sp³-hybridized carbons (Fsp3) is 0.692. The van der Waals surface area contributed by atoms with Crippen LogP contribution in [0.15, 0.2) is 10.6 Å². The highest BCUT2D eigenvalue weighted by molar-refractivity contribution is 5.90. The summed E-state index contributed by atoms with van der Waals surface area (Å²) in [6, 6.07) is 1.70. The Kier molecular flexibility index (Phi) is 5.50. The Morgan fingerprint density at radius 3 is 2.84 bits per heavy atom. The molecule has 1 aromatic rings. The zero-order chi connectivity index (χ0) is 14.5. The molecule has 1 rings (SSSR count). The first-order valence-electron chi connectivity index (χ1n) is 6.33. The van der Waals surface area contributed by atoms with E-state index in [-0.39, 0.29) is 30.5 Å². The van der Waals surface area contributed by atoms with Crippen molar-refractivity contribution in [2.24, 2.45) is 5.92 Å². The minimum absolute atomic E-state index is 0.00933. The molecule has 1 aromatic heterocycles. The molecule has 1 amide bonds. The summed E-state index contributed by atoms with van der Waals surface area (Å²) in [5, 5.41) is 15.3. The lowest BCUT2D eigenvalue weighted by molar-refractivity contribution is -0.119. The van der Waals surface area contributed by atoms with E-state index in [4.69, 9.17) is 14.4 Å². The maximum atomic E-state index is 11.5. The molecule has 108 valence electrons. The molecule has 0 saturated carbocycles. The summed E-state index contributed by atoms with van der Waals surface area (Å²) in [5.41, 5.74) is 0.351. The van der Waals surface area contributed by atoms with Crippen LogP contribution in [0.2, 0.25) is 0 Å². The highest BCUT2D eigenvalue weighted by Crippen LogP contribution is 2.25. The molecule has 0 radical (unpaired) electrons. The molecule has 0 bridgehead atoms. The molecule has 0 aliphatic rings. The number of carbonyl (C=O) groups is 1. The maximum Gasteiger partial charge on any atom is 0.231 e. The summed E-state index contributed by atoms with van der Waals surface area (Å²) < 4.78 is 10.4. The average Bonchev–Trinajstić information content (AvgIpc) is 2.78. The van der Waals surface area contributed by atoms with Crippen molar-refractivity contribution in [3.05, 3.63) is 11.8 Å². The Morgan fingerprint density at radius 1 is 1.58 bits per heavy atom. The SMILES string of the molecule is CC(C)C(=O)Nc1cc(C(C)(C)COCCO)no1. The lowest BCUT2D eigenvalue weighted by Crippen LogP contribution is -2.25. The number of aromatic nitrogens is 1. The normalized spacial score (nSPS) is 11.9. The number of hydrogen-bond donors (Lipinski definition) is 2. The Hall–Kier alpha value is -1.40. The quantitative estimate of drug-likeness (QED) is 0.734. The second-order valence-corrected chi connectivity index (χ2v) is 5.38. The molecule has 1 heterocycles. The second-order valence-electron chi connectivity index (χ2n) is 5.38. The predicted octanol–water partition coefficient (Wildman–Crippen LogP) is 1.56. The van der Waals surface area contributed by atoms with Gasteiger partial charge in [-0.15, -0.1) is 0 Å². The van der Waals surface area contributed by atoms with Crippen molar-refractivity contribution in [3.63, 3.8) is 0 Å². The van der Waals surface area contributed by atoms with Crippen molar-refractivity contribution in [1.82, 2.24) is 5.16 Å². The van der Waals surface area contributed by atoms with E-state index < -0.39 is 0 Å². The van der Waals surface area contributed by atoms with Crippen molar-refractivity contribution in [2.75, 3.05) is 25.1 Å². The van der Waals surface area contributed by atoms with Gasteiger partial charge in [-0.25, -0.2) is 0 Å². The largest absolute Gasteiger partial charge is 0.394 e. The lowest BCUT2D eigenvalue weighted by atomic mass is 9.90. The number of nitrogens with one attached hydrogen (secondary N) is 1. The van der Waals surface area contributed by atoms with Crippen LogP contribution in [0, 0.1) is 5.92 Å². The minimum Gasteiger partial charge on any atom is -0.394 e. The fourth-order valence-electron chi connectivity index (χ4n) is 1.38. The molecule has 6 heteroatoms. The monoisotopic (exact) mass is 270 g/mol. The van der Waals surface area contributed by atoms with Gasteiger partial charge in [-0.2, -0.15) is 0 Å². The van der Waals surface area contributed by atoms with Gasteiger partial charge in [0, 0.05) is 17.4 Å². The van der Waals surface area contributed by atoms with Gasteiger partial charge in [0.25, 0.3) is 0 Å². The zero-order valence-corrected chi connectivity index (χ0v) is 11.9. The van der Waals surface area contributed by atoms with Gasteiger partial charge in [0.05, 0.1) is 25.5 Å². The van der Waals surface area contributed by atoms with Crippen LogP contribution in [0.4, 0.5) is 5.88 Å². The van der Waals surface area contributed by atoms with E-state index in [1.165, 1.54) is 0 Å². The third kappa shape index (κ3) is 4.65. The Morgan fingerprint density at radius 2 is 2.26 bits per heavy atom. The first-order valence-corrected chi connectivity index (χ1v) is 6.33. The number of ether oxygens (including phenoxy) is 1. The van der Waals surface area contributed by atoms with Crippen LogP contribution in [-0.4, -0.2) is 36.0 Å². The second kappa shape index (κ2) is 6.68. The van der Waals surface area contributed by atoms with Gasteiger partial charge in [-0.3, -0.25) is 10.1 Å². The molecule has 19 heavy (non-hydrogen) atoms. The number of anilines is 1. The van der Waals surface area contributed by atoms with Crippen molar-refractivity contribution >= 4 is 11.8 Å². The molecule has 0 aliphatic carbocycles. The van der Waals surface area contributed by atoms with Crippen molar-refractivity contribution < 1.29 is 19.2 Å². The average molecular weight is 270 g/mol. The summed E-state index contributed by atoms with van der Waals surface area (Å²) in [6.45, 7) is 8.21. The standard InChI is InChI=1S/C13H22N2O4/c1-9(2)12(17)14-11-7-10(15-19-11)13(3,4)8-18-6-5-16/h7,9,16H,5-6,8H2,1-4H3,(H,14,17). The summed E-state index contributed by atoms with van der Waals surface area (Å²) in [7, 11) is 0. The van der Waals surface area contributed by atoms with E-state index in [0.717, 1.165) is 0 Å². The first-order chi connectivity index (χ1) is 8.86. The van der Waals surface area contributed by atoms with Crippen LogP contribution in [0.5, 0.6) is 0 Å². The van der Waals surface area contributed by atoms with Crippen molar-refractivity contribution in [2.45, 2.75) is 33.1 Å². The van der Waals surface area contributed by atoms with Crippen molar-refractivity contribution in [3.8, 4) is 0 Å². The van der Waals surface area contributed by atoms with E-state index in [1.807, 2.05) is 13.8 Å². The third-order valence-corrected chi connectivity index (χ3v) is 2.67. The summed E-state index contributed by atoms with van der Waals surface area (Å²) >= 11 is 0. The minimum atomic E-state index is -0.348. The molecular formula is C13H22N2O4. The zero-order valence-electron chi connectivity index (χ0n) is 11.9. The van der Waals surface area contributed by atoms with Gasteiger partial charge < -0.3 is 14.4 Å². The van der Waals surface area contributed by atoms with Crippen LogP contribution < -0.4 is 5.32 Å². The Balaban J connectivity index is 2.64. The van der Waals surface area contributed by atoms with Gasteiger partial charge >= 0.3 is 0 Å². The summed E-state index contributed by atoms with van der Waals surface area (Å²) in [6.07, 6.45) is 0. The number of hydrogen-bond acceptors (Lipinski definition) is 5. The number of aliphatic hydroxyl groups is 1. The number of aliphatic hydroxyl groups excluding tert-OH is 1. The van der Waals surface area contributed by atoms with Gasteiger partial charge in [0.15, 0.2) is 0 Å². The summed E-state index contributed by atoms with van der Waals surface area (Å²) in [5.74, 6) is 0.107. The molecular weight excluding hydrogens is 248 g/mol. The predicted molar refractivity (Wildman–Crippen MR) is 70.9 cm³/mol. The molecule has 0 aliphatic heterocycles. The van der Waals surface area contributed by atoms with Gasteiger partial charge in [0.1, 0.15) is 0 Å². The van der Waals surface area contributed by atoms with Crippen LogP contribution in [0.3, 0.4) is 0 Å². The highest BCUT2D eigenvalue weighted by atomic mass is 16.5. The molecule has 0 aromatic carbocycles. The molecule has 2 N–H and O–H groups in total. The van der Waals surface area contributed by atoms with E-state index in [0.29, 0.717) is 18.2 Å². The Bertz CT molecular complexity index is 413. The molecule has 0 saturated heterocycles. The number of amides is 1.